The number of nitrogens with zero attached hydrogens (tertiary/aromatic N) is 3. The van der Waals surface area contributed by atoms with E-state index < -0.39 is 18.0 Å². The number of esters is 1. The Morgan fingerprint density at radius 1 is 1.13 bits per heavy atom. The van der Waals surface area contributed by atoms with Crippen LogP contribution in [0.25, 0.3) is 0 Å². The Labute approximate surface area is 184 Å². The van der Waals surface area contributed by atoms with Crippen LogP contribution in [0.1, 0.15) is 40.8 Å². The number of thioether (sulfide) groups is 1. The molecular weight excluding hydrogens is 416 g/mol. The fourth-order valence-corrected chi connectivity index (χ4v) is 3.55. The number of ether oxygens (including phenoxy) is 1. The lowest BCUT2D eigenvalue weighted by Crippen LogP contribution is -2.26. The summed E-state index contributed by atoms with van der Waals surface area (Å²) < 4.78 is 10.5. The molecule has 1 aromatic carbocycles. The number of hydrogen-bond donors (Lipinski definition) is 1. The van der Waals surface area contributed by atoms with E-state index in [-0.39, 0.29) is 12.2 Å². The number of aromatic nitrogens is 3. The number of anilines is 1. The second kappa shape index (κ2) is 10.2. The molecule has 0 aliphatic carbocycles. The second-order valence-corrected chi connectivity index (χ2v) is 7.73. The molecular formula is C22H24N4O4S. The highest BCUT2D eigenvalue weighted by Crippen LogP contribution is 2.22. The van der Waals surface area contributed by atoms with E-state index in [0.29, 0.717) is 22.9 Å². The average molecular weight is 441 g/mol. The standard InChI is InChI=1S/C22H24N4O4S/c1-13-12-18(26-30-13)25-21(28)20(16-8-6-5-7-9-16)29-19(27)11-10-17-14(2)23-22(31-4)24-15(17)3/h5-9,12,20H,10-11H2,1-4H3,(H,25,26,28). The van der Waals surface area contributed by atoms with E-state index in [1.165, 1.54) is 11.8 Å². The molecule has 0 aliphatic rings. The van der Waals surface area contributed by atoms with Gasteiger partial charge in [-0.25, -0.2) is 9.97 Å². The maximum Gasteiger partial charge on any atom is 0.307 e. The van der Waals surface area contributed by atoms with E-state index in [2.05, 4.69) is 20.4 Å². The number of carbonyl (C=O) groups is 2. The summed E-state index contributed by atoms with van der Waals surface area (Å²) in [6, 6.07) is 10.4. The monoisotopic (exact) mass is 440 g/mol. The molecule has 2 heterocycles. The molecule has 2 aromatic heterocycles. The lowest BCUT2D eigenvalue weighted by Gasteiger charge is -2.17. The predicted molar refractivity (Wildman–Crippen MR) is 117 cm³/mol. The van der Waals surface area contributed by atoms with Gasteiger partial charge < -0.3 is 14.6 Å². The number of amides is 1. The minimum Gasteiger partial charge on any atom is -0.447 e. The van der Waals surface area contributed by atoms with Crippen LogP contribution in [0.5, 0.6) is 0 Å². The van der Waals surface area contributed by atoms with E-state index in [1.54, 1.807) is 37.3 Å². The molecule has 1 atom stereocenters. The summed E-state index contributed by atoms with van der Waals surface area (Å²) in [6.07, 6.45) is 1.34. The van der Waals surface area contributed by atoms with Crippen LogP contribution in [0.3, 0.4) is 0 Å². The zero-order valence-electron chi connectivity index (χ0n) is 17.8. The highest BCUT2D eigenvalue weighted by atomic mass is 32.2. The molecule has 0 fully saturated rings. The second-order valence-electron chi connectivity index (χ2n) is 6.95. The number of carbonyl (C=O) groups excluding carboxylic acids is 2. The molecule has 0 radical (unpaired) electrons. The van der Waals surface area contributed by atoms with Gasteiger partial charge in [0, 0.05) is 29.4 Å². The van der Waals surface area contributed by atoms with Crippen LogP contribution in [0.2, 0.25) is 0 Å². The Morgan fingerprint density at radius 3 is 2.39 bits per heavy atom. The van der Waals surface area contributed by atoms with Gasteiger partial charge in [0.15, 0.2) is 11.0 Å². The normalized spacial score (nSPS) is 11.7. The smallest absolute Gasteiger partial charge is 0.307 e. The van der Waals surface area contributed by atoms with Crippen LogP contribution in [0.15, 0.2) is 46.1 Å². The van der Waals surface area contributed by atoms with Crippen molar-refractivity contribution in [3.05, 3.63) is 64.7 Å². The first kappa shape index (κ1) is 22.5. The van der Waals surface area contributed by atoms with Crippen molar-refractivity contribution < 1.29 is 18.8 Å². The number of nitrogens with one attached hydrogen (secondary N) is 1. The minimum atomic E-state index is -1.11. The SMILES string of the molecule is CSc1nc(C)c(CCC(=O)OC(C(=O)Nc2cc(C)on2)c2ccccc2)c(C)n1. The molecule has 0 saturated heterocycles. The average Bonchev–Trinajstić information content (AvgIpc) is 3.16. The van der Waals surface area contributed by atoms with Gasteiger partial charge in [0.1, 0.15) is 5.76 Å². The fourth-order valence-electron chi connectivity index (χ4n) is 3.10. The molecule has 1 N–H and O–H groups in total. The van der Waals surface area contributed by atoms with Gasteiger partial charge in [0.05, 0.1) is 0 Å². The molecule has 3 aromatic rings. The molecule has 0 saturated carbocycles. The van der Waals surface area contributed by atoms with Gasteiger partial charge in [-0.15, -0.1) is 0 Å². The van der Waals surface area contributed by atoms with Crippen molar-refractivity contribution in [3.63, 3.8) is 0 Å². The molecule has 162 valence electrons. The zero-order chi connectivity index (χ0) is 22.4. The van der Waals surface area contributed by atoms with E-state index in [1.807, 2.05) is 26.2 Å². The van der Waals surface area contributed by atoms with Gasteiger partial charge in [-0.2, -0.15) is 0 Å². The largest absolute Gasteiger partial charge is 0.447 e. The van der Waals surface area contributed by atoms with E-state index in [9.17, 15) is 9.59 Å². The van der Waals surface area contributed by atoms with Crippen molar-refractivity contribution in [2.24, 2.45) is 0 Å². The lowest BCUT2D eigenvalue weighted by atomic mass is 10.1. The molecule has 31 heavy (non-hydrogen) atoms. The summed E-state index contributed by atoms with van der Waals surface area (Å²) in [6.45, 7) is 5.52. The van der Waals surface area contributed by atoms with Gasteiger partial charge in [-0.05, 0) is 39.0 Å². The third kappa shape index (κ3) is 5.91. The molecule has 8 nitrogen and oxygen atoms in total. The van der Waals surface area contributed by atoms with E-state index in [0.717, 1.165) is 17.0 Å². The van der Waals surface area contributed by atoms with E-state index >= 15 is 0 Å². The van der Waals surface area contributed by atoms with Gasteiger partial charge in [0.2, 0.25) is 6.10 Å². The molecule has 0 spiro atoms. The topological polar surface area (TPSA) is 107 Å². The lowest BCUT2D eigenvalue weighted by molar-refractivity contribution is -0.154. The van der Waals surface area contributed by atoms with Crippen molar-refractivity contribution in [2.45, 2.75) is 44.9 Å². The van der Waals surface area contributed by atoms with E-state index in [4.69, 9.17) is 9.26 Å². The minimum absolute atomic E-state index is 0.101. The van der Waals surface area contributed by atoms with Gasteiger partial charge in [0.25, 0.3) is 5.91 Å². The van der Waals surface area contributed by atoms with Gasteiger partial charge in [-0.3, -0.25) is 9.59 Å². The van der Waals surface area contributed by atoms with Crippen molar-refractivity contribution in [1.82, 2.24) is 15.1 Å². The van der Waals surface area contributed by atoms with Gasteiger partial charge in [-0.1, -0.05) is 47.3 Å². The van der Waals surface area contributed by atoms with Gasteiger partial charge >= 0.3 is 5.97 Å². The van der Waals surface area contributed by atoms with Crippen LogP contribution in [0, 0.1) is 20.8 Å². The van der Waals surface area contributed by atoms with Crippen LogP contribution in [-0.2, 0) is 20.7 Å². The maximum atomic E-state index is 12.8. The van der Waals surface area contributed by atoms with Crippen molar-refractivity contribution in [3.8, 4) is 0 Å². The number of benzene rings is 1. The fraction of sp³-hybridized carbons (Fsp3) is 0.318. The van der Waals surface area contributed by atoms with Crippen molar-refractivity contribution >= 4 is 29.5 Å². The molecule has 9 heteroatoms. The van der Waals surface area contributed by atoms with Crippen LogP contribution in [-0.4, -0.2) is 33.3 Å². The summed E-state index contributed by atoms with van der Waals surface area (Å²) in [5.74, 6) is -0.179. The summed E-state index contributed by atoms with van der Waals surface area (Å²) in [5.41, 5.74) is 3.15. The quantitative estimate of drug-likeness (QED) is 0.319. The number of rotatable bonds is 8. The summed E-state index contributed by atoms with van der Waals surface area (Å²) >= 11 is 1.47. The Morgan fingerprint density at radius 2 is 1.81 bits per heavy atom. The van der Waals surface area contributed by atoms with Crippen LogP contribution in [0.4, 0.5) is 5.82 Å². The predicted octanol–water partition coefficient (Wildman–Crippen LogP) is 3.97. The molecule has 0 bridgehead atoms. The maximum absolute atomic E-state index is 12.8. The highest BCUT2D eigenvalue weighted by Gasteiger charge is 2.26. The first-order valence-electron chi connectivity index (χ1n) is 9.74. The number of hydrogen-bond acceptors (Lipinski definition) is 8. The Bertz CT molecular complexity index is 1050. The number of aryl methyl sites for hydroxylation is 3. The molecule has 1 unspecified atom stereocenters. The first-order valence-corrected chi connectivity index (χ1v) is 11.0. The summed E-state index contributed by atoms with van der Waals surface area (Å²) in [7, 11) is 0. The van der Waals surface area contributed by atoms with Crippen LogP contribution >= 0.6 is 11.8 Å². The molecule has 1 amide bonds. The Balaban J connectivity index is 1.71. The Hall–Kier alpha value is -3.20. The Kier molecular flexibility index (Phi) is 7.41. The van der Waals surface area contributed by atoms with Crippen LogP contribution < -0.4 is 5.32 Å². The third-order valence-electron chi connectivity index (χ3n) is 4.63. The third-order valence-corrected chi connectivity index (χ3v) is 5.18. The first-order chi connectivity index (χ1) is 14.9. The molecule has 0 aliphatic heterocycles. The summed E-state index contributed by atoms with van der Waals surface area (Å²) in [4.78, 5) is 34.3. The summed E-state index contributed by atoms with van der Waals surface area (Å²) in [5, 5.41) is 7.08. The molecule has 3 rings (SSSR count). The van der Waals surface area contributed by atoms with Crippen molar-refractivity contribution in [1.29, 1.82) is 0 Å². The highest BCUT2D eigenvalue weighted by molar-refractivity contribution is 7.98. The van der Waals surface area contributed by atoms with Crippen molar-refractivity contribution in [2.75, 3.05) is 11.6 Å². The zero-order valence-corrected chi connectivity index (χ0v) is 18.7.